The van der Waals surface area contributed by atoms with Gasteiger partial charge < -0.3 is 10.2 Å². The molecule has 0 atom stereocenters. The van der Waals surface area contributed by atoms with E-state index in [1.54, 1.807) is 13.0 Å². The second-order valence-corrected chi connectivity index (χ2v) is 5.62. The number of halogens is 1. The number of rotatable bonds is 4. The molecule has 0 spiro atoms. The van der Waals surface area contributed by atoms with Crippen molar-refractivity contribution < 1.29 is 9.59 Å². The van der Waals surface area contributed by atoms with Crippen LogP contribution in [0.1, 0.15) is 30.1 Å². The second-order valence-electron chi connectivity index (χ2n) is 5.19. The molecule has 1 aromatic rings. The van der Waals surface area contributed by atoms with Crippen LogP contribution in [0, 0.1) is 5.92 Å². The Morgan fingerprint density at radius 1 is 1.45 bits per heavy atom. The quantitative estimate of drug-likeness (QED) is 0.868. The number of aldehydes is 1. The molecule has 2 rings (SSSR count). The SMILES string of the molecule is CC(=O)NCC1CCN(c2ccc(Cl)cc2C=O)CC1. The number of anilines is 1. The van der Waals surface area contributed by atoms with Crippen molar-refractivity contribution in [1.82, 2.24) is 5.32 Å². The Morgan fingerprint density at radius 3 is 2.75 bits per heavy atom. The fourth-order valence-electron chi connectivity index (χ4n) is 2.57. The van der Waals surface area contributed by atoms with E-state index in [9.17, 15) is 9.59 Å². The first-order chi connectivity index (χ1) is 9.60. The van der Waals surface area contributed by atoms with E-state index in [0.717, 1.165) is 44.4 Å². The third kappa shape index (κ3) is 3.73. The monoisotopic (exact) mass is 294 g/mol. The molecular formula is C15H19ClN2O2. The molecule has 0 saturated carbocycles. The highest BCUT2D eigenvalue weighted by atomic mass is 35.5. The first-order valence-corrected chi connectivity index (χ1v) is 7.22. The second kappa shape index (κ2) is 6.75. The van der Waals surface area contributed by atoms with Crippen LogP contribution in [-0.2, 0) is 4.79 Å². The number of nitrogens with zero attached hydrogens (tertiary/aromatic N) is 1. The number of piperidine rings is 1. The van der Waals surface area contributed by atoms with Crippen molar-refractivity contribution in [2.75, 3.05) is 24.5 Å². The van der Waals surface area contributed by atoms with Gasteiger partial charge in [-0.3, -0.25) is 9.59 Å². The number of hydrogen-bond acceptors (Lipinski definition) is 3. The average Bonchev–Trinajstić information content (AvgIpc) is 2.45. The zero-order chi connectivity index (χ0) is 14.5. The maximum atomic E-state index is 11.1. The van der Waals surface area contributed by atoms with Crippen LogP contribution in [0.3, 0.4) is 0 Å². The van der Waals surface area contributed by atoms with Crippen LogP contribution >= 0.6 is 11.6 Å². The number of hydrogen-bond donors (Lipinski definition) is 1. The summed E-state index contributed by atoms with van der Waals surface area (Å²) >= 11 is 5.91. The van der Waals surface area contributed by atoms with E-state index in [-0.39, 0.29) is 5.91 Å². The molecule has 1 heterocycles. The smallest absolute Gasteiger partial charge is 0.216 e. The molecule has 1 fully saturated rings. The first kappa shape index (κ1) is 14.9. The summed E-state index contributed by atoms with van der Waals surface area (Å²) in [7, 11) is 0. The first-order valence-electron chi connectivity index (χ1n) is 6.84. The lowest BCUT2D eigenvalue weighted by atomic mass is 9.96. The van der Waals surface area contributed by atoms with Gasteiger partial charge in [-0.1, -0.05) is 11.6 Å². The lowest BCUT2D eigenvalue weighted by Gasteiger charge is -2.34. The van der Waals surface area contributed by atoms with Crippen molar-refractivity contribution >= 4 is 29.5 Å². The Hall–Kier alpha value is -1.55. The third-order valence-electron chi connectivity index (χ3n) is 3.71. The molecule has 0 unspecified atom stereocenters. The van der Waals surface area contributed by atoms with E-state index in [0.29, 0.717) is 16.5 Å². The molecule has 0 aromatic heterocycles. The summed E-state index contributed by atoms with van der Waals surface area (Å²) in [6.07, 6.45) is 2.88. The Labute approximate surface area is 124 Å². The molecule has 1 N–H and O–H groups in total. The van der Waals surface area contributed by atoms with E-state index < -0.39 is 0 Å². The zero-order valence-electron chi connectivity index (χ0n) is 11.6. The number of amides is 1. The summed E-state index contributed by atoms with van der Waals surface area (Å²) < 4.78 is 0. The minimum Gasteiger partial charge on any atom is -0.371 e. The van der Waals surface area contributed by atoms with E-state index in [4.69, 9.17) is 11.6 Å². The summed E-state index contributed by atoms with van der Waals surface area (Å²) in [6.45, 7) is 4.07. The maximum absolute atomic E-state index is 11.1. The fourth-order valence-corrected chi connectivity index (χ4v) is 2.75. The van der Waals surface area contributed by atoms with Crippen LogP contribution in [0.15, 0.2) is 18.2 Å². The Morgan fingerprint density at radius 2 is 2.15 bits per heavy atom. The van der Waals surface area contributed by atoms with Gasteiger partial charge in [0.15, 0.2) is 6.29 Å². The largest absolute Gasteiger partial charge is 0.371 e. The summed E-state index contributed by atoms with van der Waals surface area (Å²) in [6, 6.07) is 5.42. The van der Waals surface area contributed by atoms with Crippen molar-refractivity contribution in [3.05, 3.63) is 28.8 Å². The van der Waals surface area contributed by atoms with Crippen molar-refractivity contribution in [2.24, 2.45) is 5.92 Å². The van der Waals surface area contributed by atoms with Crippen LogP contribution in [0.25, 0.3) is 0 Å². The van der Waals surface area contributed by atoms with Crippen molar-refractivity contribution in [2.45, 2.75) is 19.8 Å². The Bertz CT molecular complexity index is 497. The van der Waals surface area contributed by atoms with Crippen molar-refractivity contribution in [3.63, 3.8) is 0 Å². The summed E-state index contributed by atoms with van der Waals surface area (Å²) in [5, 5.41) is 3.45. The highest BCUT2D eigenvalue weighted by Crippen LogP contribution is 2.27. The van der Waals surface area contributed by atoms with Gasteiger partial charge in [0, 0.05) is 42.8 Å². The molecule has 1 aliphatic rings. The van der Waals surface area contributed by atoms with E-state index in [2.05, 4.69) is 10.2 Å². The number of benzene rings is 1. The number of nitrogens with one attached hydrogen (secondary N) is 1. The molecule has 20 heavy (non-hydrogen) atoms. The molecule has 0 aliphatic carbocycles. The summed E-state index contributed by atoms with van der Waals surface area (Å²) in [5.74, 6) is 0.538. The average molecular weight is 295 g/mol. The predicted octanol–water partition coefficient (Wildman–Crippen LogP) is 2.51. The van der Waals surface area contributed by atoms with Gasteiger partial charge >= 0.3 is 0 Å². The van der Waals surface area contributed by atoms with Gasteiger partial charge in [0.2, 0.25) is 5.91 Å². The maximum Gasteiger partial charge on any atom is 0.216 e. The van der Waals surface area contributed by atoms with Crippen LogP contribution in [-0.4, -0.2) is 31.8 Å². The standard InChI is InChI=1S/C15H19ClN2O2/c1-11(20)17-9-12-4-6-18(7-5-12)15-3-2-14(16)8-13(15)10-19/h2-3,8,10,12H,4-7,9H2,1H3,(H,17,20). The van der Waals surface area contributed by atoms with E-state index >= 15 is 0 Å². The van der Waals surface area contributed by atoms with Crippen molar-refractivity contribution in [3.8, 4) is 0 Å². The molecule has 1 aromatic carbocycles. The van der Waals surface area contributed by atoms with Crippen LogP contribution in [0.4, 0.5) is 5.69 Å². The van der Waals surface area contributed by atoms with Gasteiger partial charge in [-0.2, -0.15) is 0 Å². The molecule has 0 radical (unpaired) electrons. The Kier molecular flexibility index (Phi) is 5.01. The fraction of sp³-hybridized carbons (Fsp3) is 0.467. The van der Waals surface area contributed by atoms with Gasteiger partial charge in [-0.05, 0) is 37.0 Å². The molecule has 1 saturated heterocycles. The molecule has 5 heteroatoms. The van der Waals surface area contributed by atoms with Gasteiger partial charge in [-0.15, -0.1) is 0 Å². The lowest BCUT2D eigenvalue weighted by Crippen LogP contribution is -2.38. The van der Waals surface area contributed by atoms with Crippen LogP contribution in [0.5, 0.6) is 0 Å². The molecule has 4 nitrogen and oxygen atoms in total. The molecular weight excluding hydrogens is 276 g/mol. The van der Waals surface area contributed by atoms with Gasteiger partial charge in [-0.25, -0.2) is 0 Å². The van der Waals surface area contributed by atoms with E-state index in [1.807, 2.05) is 12.1 Å². The Balaban J connectivity index is 1.97. The predicted molar refractivity (Wildman–Crippen MR) is 80.5 cm³/mol. The summed E-state index contributed by atoms with van der Waals surface area (Å²) in [4.78, 5) is 24.3. The van der Waals surface area contributed by atoms with E-state index in [1.165, 1.54) is 0 Å². The highest BCUT2D eigenvalue weighted by Gasteiger charge is 2.21. The molecule has 1 amide bonds. The minimum absolute atomic E-state index is 0.0216. The minimum atomic E-state index is 0.0216. The number of carbonyl (C=O) groups excluding carboxylic acids is 2. The third-order valence-corrected chi connectivity index (χ3v) is 3.95. The molecule has 0 bridgehead atoms. The zero-order valence-corrected chi connectivity index (χ0v) is 12.3. The van der Waals surface area contributed by atoms with Crippen molar-refractivity contribution in [1.29, 1.82) is 0 Å². The number of carbonyl (C=O) groups is 2. The normalized spacial score (nSPS) is 16.0. The summed E-state index contributed by atoms with van der Waals surface area (Å²) in [5.41, 5.74) is 1.58. The highest BCUT2D eigenvalue weighted by molar-refractivity contribution is 6.31. The molecule has 108 valence electrons. The van der Waals surface area contributed by atoms with Gasteiger partial charge in [0.05, 0.1) is 0 Å². The van der Waals surface area contributed by atoms with Gasteiger partial charge in [0.1, 0.15) is 0 Å². The van der Waals surface area contributed by atoms with Crippen LogP contribution in [0.2, 0.25) is 5.02 Å². The van der Waals surface area contributed by atoms with Gasteiger partial charge in [0.25, 0.3) is 0 Å². The lowest BCUT2D eigenvalue weighted by molar-refractivity contribution is -0.119. The van der Waals surface area contributed by atoms with Crippen LogP contribution < -0.4 is 10.2 Å². The molecule has 1 aliphatic heterocycles. The topological polar surface area (TPSA) is 49.4 Å².